The minimum absolute atomic E-state index is 0.283. The van der Waals surface area contributed by atoms with Gasteiger partial charge in [-0.1, -0.05) is 12.1 Å². The average Bonchev–Trinajstić information content (AvgIpc) is 2.39. The van der Waals surface area contributed by atoms with Crippen LogP contribution in [0.2, 0.25) is 0 Å². The van der Waals surface area contributed by atoms with E-state index in [1.54, 1.807) is 6.07 Å². The van der Waals surface area contributed by atoms with Gasteiger partial charge in [0.2, 0.25) is 0 Å². The molecule has 0 bridgehead atoms. The predicted molar refractivity (Wildman–Crippen MR) is 63.9 cm³/mol. The zero-order valence-corrected chi connectivity index (χ0v) is 10.0. The van der Waals surface area contributed by atoms with Crippen LogP contribution in [0.3, 0.4) is 0 Å². The fourth-order valence-corrected chi connectivity index (χ4v) is 1.93. The van der Waals surface area contributed by atoms with Crippen LogP contribution in [-0.4, -0.2) is 44.3 Å². The Bertz CT molecular complexity index is 386. The molecule has 1 saturated heterocycles. The predicted octanol–water partition coefficient (Wildman–Crippen LogP) is 1.31. The molecule has 17 heavy (non-hydrogen) atoms. The van der Waals surface area contributed by atoms with Crippen molar-refractivity contribution >= 4 is 5.97 Å². The monoisotopic (exact) mass is 235 g/mol. The van der Waals surface area contributed by atoms with Gasteiger partial charge in [0.15, 0.2) is 0 Å². The number of methoxy groups -OCH3 is 1. The van der Waals surface area contributed by atoms with E-state index >= 15 is 0 Å². The van der Waals surface area contributed by atoms with Crippen molar-refractivity contribution in [2.75, 3.05) is 33.4 Å². The Labute approximate surface area is 101 Å². The normalized spacial score (nSPS) is 16.8. The van der Waals surface area contributed by atoms with Crippen molar-refractivity contribution in [2.24, 2.45) is 0 Å². The van der Waals surface area contributed by atoms with Crippen molar-refractivity contribution in [1.29, 1.82) is 0 Å². The Hall–Kier alpha value is -1.39. The standard InChI is InChI=1S/C13H17NO3/c1-16-13(15)12-4-2-3-11(9-12)10-14-5-7-17-8-6-14/h2-4,9H,5-8,10H2,1H3. The first kappa shape index (κ1) is 12.1. The van der Waals surface area contributed by atoms with E-state index in [9.17, 15) is 4.79 Å². The van der Waals surface area contributed by atoms with Gasteiger partial charge in [0.05, 0.1) is 25.9 Å². The molecule has 1 fully saturated rings. The largest absolute Gasteiger partial charge is 0.465 e. The molecule has 1 aliphatic heterocycles. The van der Waals surface area contributed by atoms with Crippen molar-refractivity contribution in [2.45, 2.75) is 6.54 Å². The highest BCUT2D eigenvalue weighted by Crippen LogP contribution is 2.10. The summed E-state index contributed by atoms with van der Waals surface area (Å²) < 4.78 is 10.0. The van der Waals surface area contributed by atoms with Gasteiger partial charge in [0.1, 0.15) is 0 Å². The fourth-order valence-electron chi connectivity index (χ4n) is 1.93. The van der Waals surface area contributed by atoms with Gasteiger partial charge in [0.25, 0.3) is 0 Å². The van der Waals surface area contributed by atoms with Crippen molar-refractivity contribution in [3.05, 3.63) is 35.4 Å². The highest BCUT2D eigenvalue weighted by molar-refractivity contribution is 5.89. The van der Waals surface area contributed by atoms with E-state index in [1.165, 1.54) is 7.11 Å². The molecule has 2 rings (SSSR count). The van der Waals surface area contributed by atoms with Crippen LogP contribution >= 0.6 is 0 Å². The van der Waals surface area contributed by atoms with E-state index in [1.807, 2.05) is 18.2 Å². The Morgan fingerprint density at radius 2 is 2.18 bits per heavy atom. The number of hydrogen-bond acceptors (Lipinski definition) is 4. The molecule has 0 aliphatic carbocycles. The van der Waals surface area contributed by atoms with Crippen LogP contribution in [0.4, 0.5) is 0 Å². The minimum Gasteiger partial charge on any atom is -0.465 e. The van der Waals surface area contributed by atoms with Gasteiger partial charge in [-0.2, -0.15) is 0 Å². The molecule has 92 valence electrons. The summed E-state index contributed by atoms with van der Waals surface area (Å²) in [5.41, 5.74) is 1.74. The van der Waals surface area contributed by atoms with Crippen molar-refractivity contribution in [1.82, 2.24) is 4.90 Å². The van der Waals surface area contributed by atoms with Gasteiger partial charge >= 0.3 is 5.97 Å². The second-order valence-electron chi connectivity index (χ2n) is 4.08. The molecule has 0 unspecified atom stereocenters. The summed E-state index contributed by atoms with van der Waals surface area (Å²) in [6.45, 7) is 4.33. The highest BCUT2D eigenvalue weighted by Gasteiger charge is 2.12. The fraction of sp³-hybridized carbons (Fsp3) is 0.462. The number of esters is 1. The third kappa shape index (κ3) is 3.28. The molecule has 1 aliphatic rings. The van der Waals surface area contributed by atoms with Crippen LogP contribution in [0.5, 0.6) is 0 Å². The third-order valence-electron chi connectivity index (χ3n) is 2.86. The molecule has 1 aromatic rings. The molecular weight excluding hydrogens is 218 g/mol. The van der Waals surface area contributed by atoms with Crippen LogP contribution < -0.4 is 0 Å². The Balaban J connectivity index is 2.02. The SMILES string of the molecule is COC(=O)c1cccc(CN2CCOCC2)c1. The molecule has 0 radical (unpaired) electrons. The van der Waals surface area contributed by atoms with Crippen molar-refractivity contribution in [3.63, 3.8) is 0 Å². The molecule has 0 spiro atoms. The zero-order chi connectivity index (χ0) is 12.1. The number of benzene rings is 1. The van der Waals surface area contributed by atoms with Crippen LogP contribution in [0.25, 0.3) is 0 Å². The summed E-state index contributed by atoms with van der Waals surface area (Å²) in [7, 11) is 1.40. The van der Waals surface area contributed by atoms with Gasteiger partial charge in [-0.25, -0.2) is 4.79 Å². The number of morpholine rings is 1. The maximum atomic E-state index is 11.4. The molecule has 4 nitrogen and oxygen atoms in total. The Morgan fingerprint density at radius 3 is 2.88 bits per heavy atom. The lowest BCUT2D eigenvalue weighted by molar-refractivity contribution is 0.0341. The second kappa shape index (κ2) is 5.80. The van der Waals surface area contributed by atoms with E-state index in [4.69, 9.17) is 9.47 Å². The lowest BCUT2D eigenvalue weighted by Gasteiger charge is -2.26. The lowest BCUT2D eigenvalue weighted by Crippen LogP contribution is -2.35. The maximum Gasteiger partial charge on any atom is 0.337 e. The highest BCUT2D eigenvalue weighted by atomic mass is 16.5. The first-order valence-corrected chi connectivity index (χ1v) is 5.77. The van der Waals surface area contributed by atoms with E-state index in [2.05, 4.69) is 4.90 Å². The van der Waals surface area contributed by atoms with Gasteiger partial charge < -0.3 is 9.47 Å². The van der Waals surface area contributed by atoms with Gasteiger partial charge in [-0.05, 0) is 17.7 Å². The molecule has 0 atom stereocenters. The van der Waals surface area contributed by atoms with E-state index in [0.717, 1.165) is 38.4 Å². The van der Waals surface area contributed by atoms with Crippen LogP contribution in [-0.2, 0) is 16.0 Å². The number of carbonyl (C=O) groups excluding carboxylic acids is 1. The number of rotatable bonds is 3. The summed E-state index contributed by atoms with van der Waals surface area (Å²) in [6, 6.07) is 7.58. The van der Waals surface area contributed by atoms with Crippen LogP contribution in [0.1, 0.15) is 15.9 Å². The minimum atomic E-state index is -0.283. The number of ether oxygens (including phenoxy) is 2. The van der Waals surface area contributed by atoms with Crippen molar-refractivity contribution < 1.29 is 14.3 Å². The molecule has 0 saturated carbocycles. The van der Waals surface area contributed by atoms with Crippen molar-refractivity contribution in [3.8, 4) is 0 Å². The second-order valence-corrected chi connectivity index (χ2v) is 4.08. The molecule has 0 aromatic heterocycles. The molecule has 1 aromatic carbocycles. The first-order chi connectivity index (χ1) is 8.29. The number of nitrogens with zero attached hydrogens (tertiary/aromatic N) is 1. The Kier molecular flexibility index (Phi) is 4.12. The van der Waals surface area contributed by atoms with E-state index in [0.29, 0.717) is 5.56 Å². The Morgan fingerprint density at radius 1 is 1.41 bits per heavy atom. The molecule has 0 N–H and O–H groups in total. The zero-order valence-electron chi connectivity index (χ0n) is 10.0. The molecule has 4 heteroatoms. The van der Waals surface area contributed by atoms with Gasteiger partial charge in [-0.15, -0.1) is 0 Å². The summed E-state index contributed by atoms with van der Waals surface area (Å²) in [6.07, 6.45) is 0. The summed E-state index contributed by atoms with van der Waals surface area (Å²) in [5.74, 6) is -0.283. The topological polar surface area (TPSA) is 38.8 Å². The summed E-state index contributed by atoms with van der Waals surface area (Å²) >= 11 is 0. The number of carbonyl (C=O) groups is 1. The van der Waals surface area contributed by atoms with E-state index < -0.39 is 0 Å². The molecule has 1 heterocycles. The lowest BCUT2D eigenvalue weighted by atomic mass is 10.1. The quantitative estimate of drug-likeness (QED) is 0.740. The molecule has 0 amide bonds. The average molecular weight is 235 g/mol. The van der Waals surface area contributed by atoms with Crippen LogP contribution in [0, 0.1) is 0 Å². The van der Waals surface area contributed by atoms with Gasteiger partial charge in [0, 0.05) is 19.6 Å². The number of hydrogen-bond donors (Lipinski definition) is 0. The summed E-state index contributed by atoms with van der Waals surface area (Å²) in [5, 5.41) is 0. The summed E-state index contributed by atoms with van der Waals surface area (Å²) in [4.78, 5) is 13.7. The molecular formula is C13H17NO3. The first-order valence-electron chi connectivity index (χ1n) is 5.77. The third-order valence-corrected chi connectivity index (χ3v) is 2.86. The van der Waals surface area contributed by atoms with E-state index in [-0.39, 0.29) is 5.97 Å². The van der Waals surface area contributed by atoms with Gasteiger partial charge in [-0.3, -0.25) is 4.90 Å². The van der Waals surface area contributed by atoms with Crippen LogP contribution in [0.15, 0.2) is 24.3 Å². The maximum absolute atomic E-state index is 11.4. The smallest absolute Gasteiger partial charge is 0.337 e.